The van der Waals surface area contributed by atoms with Gasteiger partial charge in [-0.1, -0.05) is 33.1 Å². The molecule has 4 heterocycles. The molecule has 0 radical (unpaired) electrons. The number of hydrogen-bond donors (Lipinski definition) is 1. The Morgan fingerprint density at radius 2 is 1.79 bits per heavy atom. The summed E-state index contributed by atoms with van der Waals surface area (Å²) < 4.78 is 12.8. The Kier molecular flexibility index (Phi) is 5.21. The third-order valence-corrected chi connectivity index (χ3v) is 8.71. The van der Waals surface area contributed by atoms with E-state index in [4.69, 9.17) is 19.2 Å². The number of amides is 1. The molecule has 6 heteroatoms. The molecule has 1 spiro atoms. The Morgan fingerprint density at radius 3 is 2.59 bits per heavy atom. The van der Waals surface area contributed by atoms with Crippen LogP contribution in [0.4, 0.5) is 0 Å². The van der Waals surface area contributed by atoms with Gasteiger partial charge >= 0.3 is 0 Å². The molecular formula is C23H37NO5. The third-order valence-electron chi connectivity index (χ3n) is 8.71. The summed E-state index contributed by atoms with van der Waals surface area (Å²) in [6.07, 6.45) is 9.31. The Bertz CT molecular complexity index is 637. The minimum Gasteiger partial charge on any atom is -0.354 e. The molecule has 0 aromatic heterocycles. The van der Waals surface area contributed by atoms with Crippen molar-refractivity contribution < 1.29 is 24.0 Å². The van der Waals surface area contributed by atoms with Crippen LogP contribution in [-0.4, -0.2) is 36.2 Å². The SMILES string of the molecule is C[C@H]1[C@H](C(=O)NCC2CCCCC2)O[C@@H]2O[C@@]3(C)CC[C@H]4[C@H](C)CC[C@@H]1[C@@]24OO3. The van der Waals surface area contributed by atoms with E-state index in [-0.39, 0.29) is 17.7 Å². The predicted molar refractivity (Wildman–Crippen MR) is 106 cm³/mol. The largest absolute Gasteiger partial charge is 0.354 e. The number of ether oxygens (including phenoxy) is 2. The lowest BCUT2D eigenvalue weighted by molar-refractivity contribution is -0.569. The highest BCUT2D eigenvalue weighted by molar-refractivity contribution is 5.81. The van der Waals surface area contributed by atoms with Crippen LogP contribution in [0.15, 0.2) is 0 Å². The first-order chi connectivity index (χ1) is 13.9. The van der Waals surface area contributed by atoms with Crippen LogP contribution >= 0.6 is 0 Å². The van der Waals surface area contributed by atoms with Crippen molar-refractivity contribution in [3.63, 3.8) is 0 Å². The molecular weight excluding hydrogens is 370 g/mol. The highest BCUT2D eigenvalue weighted by Gasteiger charge is 2.69. The van der Waals surface area contributed by atoms with E-state index in [2.05, 4.69) is 19.2 Å². The van der Waals surface area contributed by atoms with Gasteiger partial charge < -0.3 is 14.8 Å². The summed E-state index contributed by atoms with van der Waals surface area (Å²) in [6, 6.07) is 0. The number of fused-ring (bicyclic) bond motifs is 2. The second-order valence-corrected chi connectivity index (χ2v) is 10.6. The Balaban J connectivity index is 1.36. The van der Waals surface area contributed by atoms with Crippen molar-refractivity contribution in [3.8, 4) is 0 Å². The molecule has 0 unspecified atom stereocenters. The summed E-state index contributed by atoms with van der Waals surface area (Å²) in [4.78, 5) is 25.2. The smallest absolute Gasteiger partial charge is 0.249 e. The van der Waals surface area contributed by atoms with Crippen molar-refractivity contribution in [3.05, 3.63) is 0 Å². The molecule has 4 saturated heterocycles. The standard InChI is InChI=1S/C23H37NO5/c1-14-9-10-18-15(2)19(20(25)24-13-16-7-5-4-6-8-16)26-21-23(18)17(14)11-12-22(3,27-21)28-29-23/h14-19,21H,4-13H2,1-3H3,(H,24,25)/t14-,15-,17+,18+,19-,21-,22-,23-/m1/s1. The highest BCUT2D eigenvalue weighted by Crippen LogP contribution is 2.60. The van der Waals surface area contributed by atoms with Crippen molar-refractivity contribution in [1.29, 1.82) is 0 Å². The van der Waals surface area contributed by atoms with Crippen molar-refractivity contribution in [2.45, 2.75) is 102 Å². The maximum absolute atomic E-state index is 13.2. The van der Waals surface area contributed by atoms with E-state index < -0.39 is 23.8 Å². The lowest BCUT2D eigenvalue weighted by Gasteiger charge is -2.60. The van der Waals surface area contributed by atoms with Gasteiger partial charge in [0.15, 0.2) is 11.9 Å². The second kappa shape index (κ2) is 7.47. The third kappa shape index (κ3) is 3.26. The molecule has 164 valence electrons. The van der Waals surface area contributed by atoms with E-state index in [1.165, 1.54) is 32.1 Å². The molecule has 2 bridgehead atoms. The summed E-state index contributed by atoms with van der Waals surface area (Å²) in [6.45, 7) is 7.15. The molecule has 1 N–H and O–H groups in total. The molecule has 2 aliphatic carbocycles. The molecule has 2 saturated carbocycles. The van der Waals surface area contributed by atoms with Crippen molar-refractivity contribution in [2.24, 2.45) is 29.6 Å². The van der Waals surface area contributed by atoms with Gasteiger partial charge in [0.05, 0.1) is 0 Å². The van der Waals surface area contributed by atoms with Crippen molar-refractivity contribution in [1.82, 2.24) is 5.32 Å². The normalized spacial score (nSPS) is 49.9. The maximum atomic E-state index is 13.2. The van der Waals surface area contributed by atoms with Gasteiger partial charge in [0.25, 0.3) is 0 Å². The molecule has 0 aromatic rings. The van der Waals surface area contributed by atoms with Gasteiger partial charge in [-0.25, -0.2) is 9.78 Å². The Morgan fingerprint density at radius 1 is 1.00 bits per heavy atom. The van der Waals surface area contributed by atoms with Crippen LogP contribution in [0.1, 0.15) is 78.6 Å². The fourth-order valence-electron chi connectivity index (χ4n) is 6.94. The van der Waals surface area contributed by atoms with Crippen LogP contribution in [0.5, 0.6) is 0 Å². The van der Waals surface area contributed by atoms with Gasteiger partial charge in [-0.05, 0) is 62.7 Å². The van der Waals surface area contributed by atoms with Crippen molar-refractivity contribution >= 4 is 5.91 Å². The van der Waals surface area contributed by atoms with Gasteiger partial charge in [0.1, 0.15) is 6.10 Å². The summed E-state index contributed by atoms with van der Waals surface area (Å²) in [5, 5.41) is 3.21. The van der Waals surface area contributed by atoms with Gasteiger partial charge in [0, 0.05) is 18.9 Å². The average molecular weight is 408 g/mol. The van der Waals surface area contributed by atoms with Crippen LogP contribution in [0, 0.1) is 29.6 Å². The molecule has 8 atom stereocenters. The summed E-state index contributed by atoms with van der Waals surface area (Å²) in [5.41, 5.74) is -0.590. The zero-order valence-corrected chi connectivity index (χ0v) is 18.2. The van der Waals surface area contributed by atoms with Gasteiger partial charge in [-0.3, -0.25) is 4.79 Å². The maximum Gasteiger partial charge on any atom is 0.249 e. The molecule has 0 aromatic carbocycles. The van der Waals surface area contributed by atoms with E-state index in [0.717, 1.165) is 32.2 Å². The van der Waals surface area contributed by atoms with Crippen molar-refractivity contribution in [2.75, 3.05) is 6.54 Å². The zero-order valence-electron chi connectivity index (χ0n) is 18.2. The zero-order chi connectivity index (χ0) is 20.2. The molecule has 29 heavy (non-hydrogen) atoms. The number of carbonyl (C=O) groups excluding carboxylic acids is 1. The lowest BCUT2D eigenvalue weighted by atomic mass is 9.57. The first-order valence-electron chi connectivity index (χ1n) is 11.9. The summed E-state index contributed by atoms with van der Waals surface area (Å²) in [7, 11) is 0. The number of nitrogens with one attached hydrogen (secondary N) is 1. The highest BCUT2D eigenvalue weighted by atomic mass is 17.3. The van der Waals surface area contributed by atoms with Crippen LogP contribution in [-0.2, 0) is 24.0 Å². The average Bonchev–Trinajstić information content (AvgIpc) is 2.95. The van der Waals surface area contributed by atoms with Crippen LogP contribution in [0.2, 0.25) is 0 Å². The first kappa shape index (κ1) is 20.2. The predicted octanol–water partition coefficient (Wildman–Crippen LogP) is 3.93. The molecule has 6 rings (SSSR count). The Labute approximate surface area is 174 Å². The monoisotopic (exact) mass is 407 g/mol. The minimum atomic E-state index is -0.790. The number of hydrogen-bond acceptors (Lipinski definition) is 5. The number of rotatable bonds is 3. The molecule has 6 nitrogen and oxygen atoms in total. The van der Waals surface area contributed by atoms with Gasteiger partial charge in [-0.15, -0.1) is 0 Å². The molecule has 6 fully saturated rings. The fourth-order valence-corrected chi connectivity index (χ4v) is 6.94. The second-order valence-electron chi connectivity index (χ2n) is 10.6. The first-order valence-corrected chi connectivity index (χ1v) is 11.9. The number of carbonyl (C=O) groups is 1. The quantitative estimate of drug-likeness (QED) is 0.718. The lowest BCUT2D eigenvalue weighted by Crippen LogP contribution is -2.71. The van der Waals surface area contributed by atoms with Crippen LogP contribution in [0.3, 0.4) is 0 Å². The summed E-state index contributed by atoms with van der Waals surface area (Å²) >= 11 is 0. The van der Waals surface area contributed by atoms with E-state index in [1.807, 2.05) is 6.92 Å². The molecule has 4 aliphatic heterocycles. The van der Waals surface area contributed by atoms with E-state index in [0.29, 0.717) is 17.8 Å². The molecule has 1 amide bonds. The van der Waals surface area contributed by atoms with Gasteiger partial charge in [-0.2, -0.15) is 0 Å². The van der Waals surface area contributed by atoms with E-state index >= 15 is 0 Å². The van der Waals surface area contributed by atoms with E-state index in [9.17, 15) is 4.79 Å². The minimum absolute atomic E-state index is 0.0166. The van der Waals surface area contributed by atoms with Crippen LogP contribution in [0.25, 0.3) is 0 Å². The van der Waals surface area contributed by atoms with E-state index in [1.54, 1.807) is 0 Å². The summed E-state index contributed by atoms with van der Waals surface area (Å²) in [5.74, 6) is 0.985. The molecule has 6 aliphatic rings. The van der Waals surface area contributed by atoms with Crippen LogP contribution < -0.4 is 5.32 Å². The van der Waals surface area contributed by atoms with Gasteiger partial charge in [0.2, 0.25) is 11.7 Å². The fraction of sp³-hybridized carbons (Fsp3) is 0.957. The topological polar surface area (TPSA) is 66.0 Å². The Hall–Kier alpha value is -0.690.